The van der Waals surface area contributed by atoms with Crippen molar-refractivity contribution < 1.29 is 12.8 Å². The molecule has 2 fully saturated rings. The van der Waals surface area contributed by atoms with E-state index in [1.807, 2.05) is 13.8 Å². The van der Waals surface area contributed by atoms with Crippen LogP contribution in [0.1, 0.15) is 77.7 Å². The van der Waals surface area contributed by atoms with Crippen LogP contribution in [0.25, 0.3) is 22.2 Å². The fraction of sp³-hybridized carbons (Fsp3) is 0.581. The third-order valence-electron chi connectivity index (χ3n) is 8.78. The van der Waals surface area contributed by atoms with E-state index in [9.17, 15) is 13.2 Å². The summed E-state index contributed by atoms with van der Waals surface area (Å²) in [6, 6.07) is 6.53. The van der Waals surface area contributed by atoms with Gasteiger partial charge in [0.05, 0.1) is 11.4 Å². The van der Waals surface area contributed by atoms with Crippen molar-refractivity contribution in [2.24, 2.45) is 5.92 Å². The van der Waals surface area contributed by atoms with Crippen LogP contribution in [0, 0.1) is 11.7 Å². The first-order valence-electron chi connectivity index (χ1n) is 15.2. The van der Waals surface area contributed by atoms with Crippen LogP contribution in [0.2, 0.25) is 0 Å². The molecular formula is C31H43FN6O3S. The number of sulfonamides is 1. The zero-order chi connectivity index (χ0) is 30.0. The predicted octanol–water partition coefficient (Wildman–Crippen LogP) is 5.79. The Morgan fingerprint density at radius 3 is 2.40 bits per heavy atom. The second kappa shape index (κ2) is 12.7. The summed E-state index contributed by atoms with van der Waals surface area (Å²) >= 11 is 0. The van der Waals surface area contributed by atoms with Crippen molar-refractivity contribution in [1.29, 1.82) is 0 Å². The van der Waals surface area contributed by atoms with Crippen molar-refractivity contribution >= 4 is 32.7 Å². The topological polar surface area (TPSA) is 109 Å². The van der Waals surface area contributed by atoms with Crippen molar-refractivity contribution in [3.63, 3.8) is 0 Å². The molecule has 0 amide bonds. The summed E-state index contributed by atoms with van der Waals surface area (Å²) in [5.41, 5.74) is 0.782. The molecule has 0 bridgehead atoms. The first-order chi connectivity index (χ1) is 20.0. The van der Waals surface area contributed by atoms with Crippen LogP contribution in [-0.2, 0) is 10.0 Å². The molecule has 11 heteroatoms. The molecule has 0 aliphatic heterocycles. The van der Waals surface area contributed by atoms with Gasteiger partial charge in [0.15, 0.2) is 0 Å². The Labute approximate surface area is 248 Å². The fourth-order valence-corrected chi connectivity index (χ4v) is 7.97. The van der Waals surface area contributed by atoms with Gasteiger partial charge in [-0.25, -0.2) is 17.8 Å². The highest BCUT2D eigenvalue weighted by molar-refractivity contribution is 7.92. The van der Waals surface area contributed by atoms with Gasteiger partial charge >= 0.3 is 0 Å². The van der Waals surface area contributed by atoms with Crippen LogP contribution in [-0.4, -0.2) is 59.8 Å². The number of hydrogen-bond donors (Lipinski definition) is 2. The molecule has 0 radical (unpaired) electrons. The van der Waals surface area contributed by atoms with Crippen LogP contribution in [0.5, 0.6) is 0 Å². The average molecular weight is 599 g/mol. The number of fused-ring (bicyclic) bond motifs is 1. The summed E-state index contributed by atoms with van der Waals surface area (Å²) in [4.78, 5) is 25.3. The Balaban J connectivity index is 1.39. The quantitative estimate of drug-likeness (QED) is 0.321. The Morgan fingerprint density at radius 2 is 1.76 bits per heavy atom. The highest BCUT2D eigenvalue weighted by atomic mass is 32.2. The summed E-state index contributed by atoms with van der Waals surface area (Å²) in [5, 5.41) is 4.13. The molecule has 228 valence electrons. The third kappa shape index (κ3) is 6.94. The van der Waals surface area contributed by atoms with Crippen LogP contribution in [0.4, 0.5) is 16.0 Å². The zero-order valence-electron chi connectivity index (χ0n) is 25.1. The number of nitrogens with zero attached hydrogens (tertiary/aromatic N) is 4. The van der Waals surface area contributed by atoms with Crippen LogP contribution in [0.15, 0.2) is 35.3 Å². The molecule has 2 saturated carbocycles. The lowest BCUT2D eigenvalue weighted by atomic mass is 9.91. The monoisotopic (exact) mass is 598 g/mol. The van der Waals surface area contributed by atoms with Crippen LogP contribution in [0.3, 0.4) is 0 Å². The molecule has 2 aliphatic carbocycles. The third-order valence-corrected chi connectivity index (χ3v) is 10.2. The van der Waals surface area contributed by atoms with Gasteiger partial charge in [-0.05, 0) is 96.1 Å². The van der Waals surface area contributed by atoms with Crippen LogP contribution < -0.4 is 15.6 Å². The lowest BCUT2D eigenvalue weighted by Crippen LogP contribution is -2.36. The van der Waals surface area contributed by atoms with E-state index in [1.54, 1.807) is 22.9 Å². The summed E-state index contributed by atoms with van der Waals surface area (Å²) < 4.78 is 44.7. The van der Waals surface area contributed by atoms with E-state index in [4.69, 9.17) is 4.98 Å². The molecule has 5 rings (SSSR count). The van der Waals surface area contributed by atoms with Crippen molar-refractivity contribution in [2.45, 2.75) is 89.8 Å². The van der Waals surface area contributed by atoms with Crippen molar-refractivity contribution in [1.82, 2.24) is 19.4 Å². The SMILES string of the molecule is CC(C)n1c(=O)c(-c2ccc(NS(=O)(=O)CC3CCCCC3)c(F)c2)cc2cnc(NC3CCC(N(C)C)CC3)nc21. The molecule has 3 aromatic rings. The van der Waals surface area contributed by atoms with E-state index < -0.39 is 15.8 Å². The first-order valence-corrected chi connectivity index (χ1v) is 16.8. The minimum Gasteiger partial charge on any atom is -0.351 e. The highest BCUT2D eigenvalue weighted by Gasteiger charge is 2.25. The highest BCUT2D eigenvalue weighted by Crippen LogP contribution is 2.29. The maximum atomic E-state index is 15.2. The smallest absolute Gasteiger partial charge is 0.260 e. The van der Waals surface area contributed by atoms with Crippen molar-refractivity contribution in [3.8, 4) is 11.1 Å². The number of nitrogens with one attached hydrogen (secondary N) is 2. The molecule has 2 aromatic heterocycles. The Kier molecular flexibility index (Phi) is 9.17. The van der Waals surface area contributed by atoms with E-state index in [-0.39, 0.29) is 35.0 Å². The molecule has 2 N–H and O–H groups in total. The largest absolute Gasteiger partial charge is 0.351 e. The lowest BCUT2D eigenvalue weighted by molar-refractivity contribution is 0.221. The standard InChI is InChI=1S/C31H43FN6O3S/c1-20(2)38-29-23(18-33-31(35-29)34-24-11-13-25(14-12-24)37(3)4)16-26(30(38)39)22-10-15-28(27(32)17-22)36-42(40,41)19-21-8-6-5-7-9-21/h10,15-18,20-21,24-25,36H,5-9,11-14,19H2,1-4H3,(H,33,34,35). The molecule has 0 saturated heterocycles. The van der Waals surface area contributed by atoms with Gasteiger partial charge in [0, 0.05) is 35.3 Å². The summed E-state index contributed by atoms with van der Waals surface area (Å²) in [5.74, 6) is -0.142. The van der Waals surface area contributed by atoms with Crippen LogP contribution >= 0.6 is 0 Å². The van der Waals surface area contributed by atoms with E-state index >= 15 is 4.39 Å². The minimum absolute atomic E-state index is 0.00778. The zero-order valence-corrected chi connectivity index (χ0v) is 25.9. The predicted molar refractivity (Wildman–Crippen MR) is 167 cm³/mol. The molecule has 0 spiro atoms. The number of benzene rings is 1. The number of anilines is 2. The molecule has 0 atom stereocenters. The van der Waals surface area contributed by atoms with Crippen molar-refractivity contribution in [2.75, 3.05) is 29.9 Å². The van der Waals surface area contributed by atoms with Gasteiger partial charge in [-0.2, -0.15) is 4.98 Å². The van der Waals surface area contributed by atoms with Gasteiger partial charge in [0.25, 0.3) is 5.56 Å². The maximum Gasteiger partial charge on any atom is 0.260 e. The number of aromatic nitrogens is 3. The Hall–Kier alpha value is -3.05. The molecule has 1 aromatic carbocycles. The Bertz CT molecular complexity index is 1580. The fourth-order valence-electron chi connectivity index (χ4n) is 6.43. The van der Waals surface area contributed by atoms with Gasteiger partial charge < -0.3 is 10.2 Å². The molecule has 42 heavy (non-hydrogen) atoms. The molecule has 2 heterocycles. The van der Waals surface area contributed by atoms with Gasteiger partial charge in [0.2, 0.25) is 16.0 Å². The average Bonchev–Trinajstić information content (AvgIpc) is 2.94. The molecule has 9 nitrogen and oxygen atoms in total. The number of pyridine rings is 1. The van der Waals surface area contributed by atoms with E-state index in [0.29, 0.717) is 34.2 Å². The minimum atomic E-state index is -3.69. The molecule has 0 unspecified atom stereocenters. The van der Waals surface area contributed by atoms with E-state index in [2.05, 4.69) is 34.0 Å². The number of hydrogen-bond acceptors (Lipinski definition) is 7. The lowest BCUT2D eigenvalue weighted by Gasteiger charge is -2.33. The normalized spacial score (nSPS) is 20.4. The number of rotatable bonds is 9. The van der Waals surface area contributed by atoms with Crippen molar-refractivity contribution in [3.05, 3.63) is 46.6 Å². The van der Waals surface area contributed by atoms with Gasteiger partial charge in [0.1, 0.15) is 11.5 Å². The molecule has 2 aliphatic rings. The second-order valence-corrected chi connectivity index (χ2v) is 14.3. The van der Waals surface area contributed by atoms with E-state index in [0.717, 1.165) is 57.8 Å². The Morgan fingerprint density at radius 1 is 1.05 bits per heavy atom. The number of halogens is 1. The summed E-state index contributed by atoms with van der Waals surface area (Å²) in [6.45, 7) is 3.82. The summed E-state index contributed by atoms with van der Waals surface area (Å²) in [6.07, 6.45) is 10.9. The van der Waals surface area contributed by atoms with Gasteiger partial charge in [-0.15, -0.1) is 0 Å². The maximum absolute atomic E-state index is 15.2. The second-order valence-electron chi connectivity index (χ2n) is 12.5. The summed E-state index contributed by atoms with van der Waals surface area (Å²) in [7, 11) is 0.545. The first kappa shape index (κ1) is 30.4. The molecular weight excluding hydrogens is 555 g/mol. The van der Waals surface area contributed by atoms with E-state index in [1.165, 1.54) is 12.1 Å². The van der Waals surface area contributed by atoms with Gasteiger partial charge in [-0.3, -0.25) is 14.1 Å². The van der Waals surface area contributed by atoms with Gasteiger partial charge in [-0.1, -0.05) is 25.3 Å².